The van der Waals surface area contributed by atoms with Gasteiger partial charge in [-0.25, -0.2) is 22.8 Å². The van der Waals surface area contributed by atoms with Crippen molar-refractivity contribution in [3.05, 3.63) is 84.5 Å². The van der Waals surface area contributed by atoms with E-state index < -0.39 is 9.84 Å². The van der Waals surface area contributed by atoms with E-state index in [9.17, 15) is 17.6 Å². The molecule has 2 aromatic heterocycles. The maximum absolute atomic E-state index is 13.3. The van der Waals surface area contributed by atoms with Crippen LogP contribution in [0, 0.1) is 5.82 Å². The zero-order valence-corrected chi connectivity index (χ0v) is 18.5. The number of carbonyl (C=O) groups excluding carboxylic acids is 1. The first-order chi connectivity index (χ1) is 15.8. The van der Waals surface area contributed by atoms with Gasteiger partial charge in [-0.05, 0) is 60.5 Å². The first kappa shape index (κ1) is 22.3. The summed E-state index contributed by atoms with van der Waals surface area (Å²) < 4.78 is 41.9. The number of aryl methyl sites for hydroxylation is 1. The second kappa shape index (κ2) is 9.33. The number of benzene rings is 2. The molecule has 33 heavy (non-hydrogen) atoms. The summed E-state index contributed by atoms with van der Waals surface area (Å²) >= 11 is 0. The van der Waals surface area contributed by atoms with E-state index in [-0.39, 0.29) is 28.9 Å². The van der Waals surface area contributed by atoms with Gasteiger partial charge in [0.2, 0.25) is 5.91 Å². The van der Waals surface area contributed by atoms with Gasteiger partial charge in [-0.3, -0.25) is 4.79 Å². The molecule has 0 bridgehead atoms. The zero-order chi connectivity index (χ0) is 23.4. The zero-order valence-electron chi connectivity index (χ0n) is 17.7. The summed E-state index contributed by atoms with van der Waals surface area (Å²) in [7, 11) is -3.26. The van der Waals surface area contributed by atoms with Gasteiger partial charge in [0, 0.05) is 18.2 Å². The average molecular weight is 466 g/mol. The fraction of sp³-hybridized carbons (Fsp3) is 0.125. The minimum atomic E-state index is -3.26. The topological polar surface area (TPSA) is 102 Å². The van der Waals surface area contributed by atoms with Gasteiger partial charge < -0.3 is 9.73 Å². The van der Waals surface area contributed by atoms with Crippen LogP contribution in [-0.2, 0) is 21.1 Å². The Hall–Kier alpha value is -3.85. The number of furan rings is 1. The van der Waals surface area contributed by atoms with Crippen molar-refractivity contribution in [2.75, 3.05) is 11.6 Å². The summed E-state index contributed by atoms with van der Waals surface area (Å²) in [4.78, 5) is 21.6. The fourth-order valence-electron chi connectivity index (χ4n) is 3.22. The van der Waals surface area contributed by atoms with Crippen molar-refractivity contribution in [2.24, 2.45) is 0 Å². The first-order valence-electron chi connectivity index (χ1n) is 10.1. The quantitative estimate of drug-likeness (QED) is 0.431. The number of hydrogen-bond donors (Lipinski definition) is 1. The third-order valence-corrected chi connectivity index (χ3v) is 6.03. The van der Waals surface area contributed by atoms with E-state index in [0.717, 1.165) is 11.8 Å². The van der Waals surface area contributed by atoms with Crippen molar-refractivity contribution in [1.82, 2.24) is 9.97 Å². The number of sulfone groups is 1. The lowest BCUT2D eigenvalue weighted by Crippen LogP contribution is -2.14. The van der Waals surface area contributed by atoms with Crippen LogP contribution < -0.4 is 5.32 Å². The van der Waals surface area contributed by atoms with Crippen molar-refractivity contribution >= 4 is 21.6 Å². The summed E-state index contributed by atoms with van der Waals surface area (Å²) in [6.07, 6.45) is 4.70. The molecule has 0 spiro atoms. The van der Waals surface area contributed by atoms with Gasteiger partial charge in [-0.1, -0.05) is 12.1 Å². The predicted molar refractivity (Wildman–Crippen MR) is 122 cm³/mol. The SMILES string of the molecule is CS(=O)(=O)c1ccc(CCC(=O)Nc2cnc(-c3ccc(F)cc3)c(-c3ccco3)n2)cc1. The van der Waals surface area contributed by atoms with Crippen molar-refractivity contribution in [3.63, 3.8) is 0 Å². The molecule has 9 heteroatoms. The summed E-state index contributed by atoms with van der Waals surface area (Å²) in [5.41, 5.74) is 2.41. The van der Waals surface area contributed by atoms with Gasteiger partial charge >= 0.3 is 0 Å². The highest BCUT2D eigenvalue weighted by atomic mass is 32.2. The van der Waals surface area contributed by atoms with Crippen molar-refractivity contribution < 1.29 is 22.0 Å². The Morgan fingerprint density at radius 3 is 2.39 bits per heavy atom. The molecule has 0 atom stereocenters. The Bertz CT molecular complexity index is 1370. The number of aromatic nitrogens is 2. The highest BCUT2D eigenvalue weighted by Gasteiger charge is 2.16. The van der Waals surface area contributed by atoms with E-state index in [1.807, 2.05) is 0 Å². The lowest BCUT2D eigenvalue weighted by Gasteiger charge is -2.10. The third-order valence-electron chi connectivity index (χ3n) is 4.90. The minimum Gasteiger partial charge on any atom is -0.463 e. The highest BCUT2D eigenvalue weighted by Crippen LogP contribution is 2.30. The molecule has 0 aliphatic heterocycles. The Morgan fingerprint density at radius 1 is 1.03 bits per heavy atom. The van der Waals surface area contributed by atoms with E-state index in [1.54, 1.807) is 36.4 Å². The number of rotatable bonds is 7. The highest BCUT2D eigenvalue weighted by molar-refractivity contribution is 7.90. The molecule has 7 nitrogen and oxygen atoms in total. The Kier molecular flexibility index (Phi) is 6.32. The normalized spacial score (nSPS) is 11.3. The Morgan fingerprint density at radius 2 is 1.76 bits per heavy atom. The molecule has 0 saturated heterocycles. The summed E-state index contributed by atoms with van der Waals surface area (Å²) in [5, 5.41) is 2.73. The van der Waals surface area contributed by atoms with E-state index in [0.29, 0.717) is 29.1 Å². The number of hydrogen-bond acceptors (Lipinski definition) is 6. The number of anilines is 1. The molecular weight excluding hydrogens is 445 g/mol. The molecule has 0 unspecified atom stereocenters. The lowest BCUT2D eigenvalue weighted by atomic mass is 10.1. The van der Waals surface area contributed by atoms with Crippen LogP contribution in [0.4, 0.5) is 10.2 Å². The maximum atomic E-state index is 13.3. The lowest BCUT2D eigenvalue weighted by molar-refractivity contribution is -0.116. The molecule has 2 heterocycles. The molecule has 0 radical (unpaired) electrons. The van der Waals surface area contributed by atoms with Gasteiger partial charge in [0.05, 0.1) is 23.0 Å². The van der Waals surface area contributed by atoms with Crippen molar-refractivity contribution in [1.29, 1.82) is 0 Å². The largest absolute Gasteiger partial charge is 0.463 e. The average Bonchev–Trinajstić information content (AvgIpc) is 3.33. The first-order valence-corrected chi connectivity index (χ1v) is 11.9. The van der Waals surface area contributed by atoms with Gasteiger partial charge in [0.1, 0.15) is 11.5 Å². The number of nitrogens with one attached hydrogen (secondary N) is 1. The van der Waals surface area contributed by atoms with Crippen LogP contribution in [0.25, 0.3) is 22.7 Å². The van der Waals surface area contributed by atoms with Crippen molar-refractivity contribution in [2.45, 2.75) is 17.7 Å². The van der Waals surface area contributed by atoms with E-state index in [1.165, 1.54) is 36.7 Å². The molecule has 4 aromatic rings. The predicted octanol–water partition coefficient (Wildman–Crippen LogP) is 4.52. The van der Waals surface area contributed by atoms with Crippen LogP contribution in [-0.4, -0.2) is 30.5 Å². The fourth-order valence-corrected chi connectivity index (χ4v) is 3.85. The van der Waals surface area contributed by atoms with Gasteiger partial charge in [0.25, 0.3) is 0 Å². The number of halogens is 1. The molecule has 0 aliphatic rings. The standard InChI is InChI=1S/C24H20FN3O4S/c1-33(30,31)19-11-4-16(5-12-19)6-13-22(29)27-21-15-26-23(17-7-9-18(25)10-8-17)24(28-21)20-3-2-14-32-20/h2-5,7-12,14-15H,6,13H2,1H3,(H,27,28,29). The molecule has 0 fully saturated rings. The Balaban J connectivity index is 1.49. The molecule has 4 rings (SSSR count). The van der Waals surface area contributed by atoms with Crippen LogP contribution in [0.3, 0.4) is 0 Å². The van der Waals surface area contributed by atoms with Crippen LogP contribution in [0.15, 0.2) is 82.4 Å². The number of nitrogens with zero attached hydrogens (tertiary/aromatic N) is 2. The molecule has 2 aromatic carbocycles. The minimum absolute atomic E-state index is 0.176. The summed E-state index contributed by atoms with van der Waals surface area (Å²) in [5.74, 6) is 0.0890. The number of carbonyl (C=O) groups is 1. The molecular formula is C24H20FN3O4S. The van der Waals surface area contributed by atoms with E-state index in [2.05, 4.69) is 15.3 Å². The van der Waals surface area contributed by atoms with Gasteiger partial charge in [-0.2, -0.15) is 0 Å². The molecule has 1 amide bonds. The van der Waals surface area contributed by atoms with Crippen LogP contribution in [0.1, 0.15) is 12.0 Å². The monoisotopic (exact) mass is 465 g/mol. The van der Waals surface area contributed by atoms with Crippen LogP contribution in [0.5, 0.6) is 0 Å². The molecule has 168 valence electrons. The summed E-state index contributed by atoms with van der Waals surface area (Å²) in [6.45, 7) is 0. The van der Waals surface area contributed by atoms with Crippen LogP contribution in [0.2, 0.25) is 0 Å². The smallest absolute Gasteiger partial charge is 0.225 e. The second-order valence-electron chi connectivity index (χ2n) is 7.40. The molecule has 0 aliphatic carbocycles. The van der Waals surface area contributed by atoms with E-state index >= 15 is 0 Å². The molecule has 0 saturated carbocycles. The van der Waals surface area contributed by atoms with Gasteiger partial charge in [-0.15, -0.1) is 0 Å². The molecule has 1 N–H and O–H groups in total. The maximum Gasteiger partial charge on any atom is 0.225 e. The van der Waals surface area contributed by atoms with E-state index in [4.69, 9.17) is 4.42 Å². The van der Waals surface area contributed by atoms with Gasteiger partial charge in [0.15, 0.2) is 21.4 Å². The third kappa shape index (κ3) is 5.50. The number of amides is 1. The van der Waals surface area contributed by atoms with Crippen LogP contribution >= 0.6 is 0 Å². The summed E-state index contributed by atoms with van der Waals surface area (Å²) in [6, 6.07) is 15.7. The van der Waals surface area contributed by atoms with Crippen molar-refractivity contribution in [3.8, 4) is 22.7 Å². The second-order valence-corrected chi connectivity index (χ2v) is 9.42. The Labute approximate surface area is 190 Å².